The lowest BCUT2D eigenvalue weighted by Crippen LogP contribution is -2.18. The van der Waals surface area contributed by atoms with Gasteiger partial charge in [0.2, 0.25) is 0 Å². The van der Waals surface area contributed by atoms with Crippen LogP contribution in [-0.2, 0) is 7.05 Å². The first-order valence-corrected chi connectivity index (χ1v) is 6.30. The zero-order chi connectivity index (χ0) is 13.4. The predicted molar refractivity (Wildman–Crippen MR) is 69.7 cm³/mol. The second-order valence-corrected chi connectivity index (χ2v) is 4.68. The Balaban J connectivity index is 2.07. The zero-order valence-corrected chi connectivity index (χ0v) is 11.1. The number of halogens is 1. The molecule has 1 unspecified atom stereocenters. The van der Waals surface area contributed by atoms with Crippen LogP contribution in [0.25, 0.3) is 0 Å². The molecule has 0 fully saturated rings. The average Bonchev–Trinajstić information content (AvgIpc) is 2.77. The second kappa shape index (κ2) is 4.75. The minimum absolute atomic E-state index is 0.421. The quantitative estimate of drug-likeness (QED) is 0.913. The molecule has 19 heavy (non-hydrogen) atoms. The molecule has 0 amide bonds. The van der Waals surface area contributed by atoms with E-state index in [0.29, 0.717) is 41.0 Å². The van der Waals surface area contributed by atoms with E-state index >= 15 is 0 Å². The molecule has 1 aromatic carbocycles. The number of fused-ring (bicyclic) bond motifs is 1. The summed E-state index contributed by atoms with van der Waals surface area (Å²) >= 11 is 6.06. The van der Waals surface area contributed by atoms with Crippen molar-refractivity contribution in [3.63, 3.8) is 0 Å². The summed E-state index contributed by atoms with van der Waals surface area (Å²) in [6.07, 6.45) is 0.601. The van der Waals surface area contributed by atoms with Crippen molar-refractivity contribution in [2.75, 3.05) is 13.2 Å². The van der Waals surface area contributed by atoms with Crippen molar-refractivity contribution < 1.29 is 14.6 Å². The third-order valence-electron chi connectivity index (χ3n) is 3.09. The molecule has 3 rings (SSSR count). The Morgan fingerprint density at radius 2 is 2.16 bits per heavy atom. The Hall–Kier alpha value is -1.72. The van der Waals surface area contributed by atoms with Gasteiger partial charge in [-0.2, -0.15) is 5.10 Å². The maximum Gasteiger partial charge on any atom is 0.167 e. The number of para-hydroxylation sites is 1. The topological polar surface area (TPSA) is 56.5 Å². The second-order valence-electron chi connectivity index (χ2n) is 4.28. The van der Waals surface area contributed by atoms with Crippen molar-refractivity contribution in [2.24, 2.45) is 7.05 Å². The molecule has 1 N–H and O–H groups in total. The van der Waals surface area contributed by atoms with Crippen LogP contribution in [0.1, 0.15) is 17.4 Å². The summed E-state index contributed by atoms with van der Waals surface area (Å²) in [5.74, 6) is 1.21. The zero-order valence-electron chi connectivity index (χ0n) is 10.3. The monoisotopic (exact) mass is 280 g/mol. The third-order valence-corrected chi connectivity index (χ3v) is 3.38. The number of nitrogens with zero attached hydrogens (tertiary/aromatic N) is 2. The van der Waals surface area contributed by atoms with Crippen molar-refractivity contribution in [3.05, 3.63) is 40.7 Å². The standard InChI is InChI=1S/C13H13ClN2O3/c1-16-11(9(14)7-15-16)12(17)8-3-2-4-10-13(8)19-6-5-18-10/h2-4,7,12,17H,5-6H2,1H3. The summed E-state index contributed by atoms with van der Waals surface area (Å²) in [6, 6.07) is 5.42. The van der Waals surface area contributed by atoms with E-state index in [1.165, 1.54) is 6.20 Å². The molecule has 0 saturated carbocycles. The van der Waals surface area contributed by atoms with E-state index in [2.05, 4.69) is 5.10 Å². The Kier molecular flexibility index (Phi) is 3.08. The molecule has 1 aromatic heterocycles. The van der Waals surface area contributed by atoms with E-state index in [-0.39, 0.29) is 0 Å². The highest BCUT2D eigenvalue weighted by molar-refractivity contribution is 6.31. The van der Waals surface area contributed by atoms with Crippen LogP contribution in [0.2, 0.25) is 5.02 Å². The first-order valence-electron chi connectivity index (χ1n) is 5.92. The number of rotatable bonds is 2. The van der Waals surface area contributed by atoms with Crippen LogP contribution in [0.5, 0.6) is 11.5 Å². The molecule has 2 heterocycles. The highest BCUT2D eigenvalue weighted by atomic mass is 35.5. The molecule has 0 saturated heterocycles. The molecule has 0 radical (unpaired) electrons. The fourth-order valence-electron chi connectivity index (χ4n) is 2.19. The van der Waals surface area contributed by atoms with Gasteiger partial charge in [0.1, 0.15) is 19.3 Å². The van der Waals surface area contributed by atoms with E-state index in [1.54, 1.807) is 17.8 Å². The number of aliphatic hydroxyl groups excluding tert-OH is 1. The van der Waals surface area contributed by atoms with Crippen LogP contribution >= 0.6 is 11.6 Å². The molecule has 0 aliphatic carbocycles. The fourth-order valence-corrected chi connectivity index (χ4v) is 2.46. The Morgan fingerprint density at radius 3 is 2.89 bits per heavy atom. The highest BCUT2D eigenvalue weighted by Gasteiger charge is 2.25. The van der Waals surface area contributed by atoms with Gasteiger partial charge in [0.25, 0.3) is 0 Å². The van der Waals surface area contributed by atoms with Gasteiger partial charge in [0.05, 0.1) is 16.9 Å². The summed E-state index contributed by atoms with van der Waals surface area (Å²) < 4.78 is 12.6. The first kappa shape index (κ1) is 12.3. The van der Waals surface area contributed by atoms with Crippen LogP contribution in [0.15, 0.2) is 24.4 Å². The smallest absolute Gasteiger partial charge is 0.167 e. The van der Waals surface area contributed by atoms with Gasteiger partial charge in [-0.1, -0.05) is 23.7 Å². The van der Waals surface area contributed by atoms with Crippen LogP contribution in [-0.4, -0.2) is 28.1 Å². The molecule has 5 nitrogen and oxygen atoms in total. The molecule has 100 valence electrons. The lowest BCUT2D eigenvalue weighted by atomic mass is 10.0. The molecule has 6 heteroatoms. The largest absolute Gasteiger partial charge is 0.486 e. The average molecular weight is 281 g/mol. The van der Waals surface area contributed by atoms with Crippen molar-refractivity contribution in [2.45, 2.75) is 6.10 Å². The van der Waals surface area contributed by atoms with Gasteiger partial charge in [-0.3, -0.25) is 4.68 Å². The SMILES string of the molecule is Cn1ncc(Cl)c1C(O)c1cccc2c1OCCO2. The summed E-state index contributed by atoms with van der Waals surface area (Å²) in [4.78, 5) is 0. The van der Waals surface area contributed by atoms with Crippen LogP contribution in [0, 0.1) is 0 Å². The number of ether oxygens (including phenoxy) is 2. The Labute approximate surface area is 115 Å². The summed E-state index contributed by atoms with van der Waals surface area (Å²) in [5, 5.41) is 15.0. The van der Waals surface area contributed by atoms with Gasteiger partial charge in [-0.25, -0.2) is 0 Å². The first-order chi connectivity index (χ1) is 9.18. The van der Waals surface area contributed by atoms with E-state index in [9.17, 15) is 5.11 Å². The maximum absolute atomic E-state index is 10.5. The summed E-state index contributed by atoms with van der Waals surface area (Å²) in [5.41, 5.74) is 1.16. The molecule has 2 aromatic rings. The molecule has 1 aliphatic rings. The number of benzene rings is 1. The van der Waals surface area contributed by atoms with E-state index < -0.39 is 6.10 Å². The minimum Gasteiger partial charge on any atom is -0.486 e. The fraction of sp³-hybridized carbons (Fsp3) is 0.308. The third kappa shape index (κ3) is 2.05. The van der Waals surface area contributed by atoms with Gasteiger partial charge < -0.3 is 14.6 Å². The maximum atomic E-state index is 10.5. The number of aryl methyl sites for hydroxylation is 1. The van der Waals surface area contributed by atoms with Gasteiger partial charge in [-0.15, -0.1) is 0 Å². The number of hydrogen-bond acceptors (Lipinski definition) is 4. The lowest BCUT2D eigenvalue weighted by molar-refractivity contribution is 0.156. The lowest BCUT2D eigenvalue weighted by Gasteiger charge is -2.23. The summed E-state index contributed by atoms with van der Waals surface area (Å²) in [7, 11) is 1.73. The van der Waals surface area contributed by atoms with Gasteiger partial charge in [0.15, 0.2) is 11.5 Å². The molecular formula is C13H13ClN2O3. The minimum atomic E-state index is -0.906. The highest BCUT2D eigenvalue weighted by Crippen LogP contribution is 2.40. The van der Waals surface area contributed by atoms with Gasteiger partial charge in [0, 0.05) is 12.6 Å². The molecule has 1 atom stereocenters. The van der Waals surface area contributed by atoms with Crippen LogP contribution in [0.3, 0.4) is 0 Å². The number of aliphatic hydroxyl groups is 1. The summed E-state index contributed by atoms with van der Waals surface area (Å²) in [6.45, 7) is 0.981. The normalized spacial score (nSPS) is 15.3. The predicted octanol–water partition coefficient (Wildman–Crippen LogP) is 1.93. The van der Waals surface area contributed by atoms with Crippen molar-refractivity contribution in [1.29, 1.82) is 0 Å². The molecule has 0 bridgehead atoms. The van der Waals surface area contributed by atoms with Crippen LogP contribution in [0.4, 0.5) is 0 Å². The number of hydrogen-bond donors (Lipinski definition) is 1. The molecule has 0 spiro atoms. The molecular weight excluding hydrogens is 268 g/mol. The van der Waals surface area contributed by atoms with Crippen molar-refractivity contribution in [3.8, 4) is 11.5 Å². The van der Waals surface area contributed by atoms with Gasteiger partial charge >= 0.3 is 0 Å². The van der Waals surface area contributed by atoms with Crippen LogP contribution < -0.4 is 9.47 Å². The van der Waals surface area contributed by atoms with Crippen molar-refractivity contribution >= 4 is 11.6 Å². The Morgan fingerprint density at radius 1 is 1.37 bits per heavy atom. The van der Waals surface area contributed by atoms with E-state index in [1.807, 2.05) is 12.1 Å². The number of aromatic nitrogens is 2. The van der Waals surface area contributed by atoms with E-state index in [0.717, 1.165) is 0 Å². The van der Waals surface area contributed by atoms with E-state index in [4.69, 9.17) is 21.1 Å². The van der Waals surface area contributed by atoms with Crippen molar-refractivity contribution in [1.82, 2.24) is 9.78 Å². The Bertz CT molecular complexity index is 592. The van der Waals surface area contributed by atoms with Gasteiger partial charge in [-0.05, 0) is 6.07 Å². The molecule has 1 aliphatic heterocycles.